The number of hydrogen-bond acceptors (Lipinski definition) is 3. The molecule has 0 spiro atoms. The number of hydrogen-bond donors (Lipinski definition) is 1. The second kappa shape index (κ2) is 4.85. The van der Waals surface area contributed by atoms with E-state index in [-0.39, 0.29) is 0 Å². The summed E-state index contributed by atoms with van der Waals surface area (Å²) in [7, 11) is 0. The van der Waals surface area contributed by atoms with Crippen LogP contribution >= 0.6 is 0 Å². The smallest absolute Gasteiger partial charge is 0.129 e. The van der Waals surface area contributed by atoms with Crippen molar-refractivity contribution >= 4 is 12.2 Å². The van der Waals surface area contributed by atoms with Gasteiger partial charge in [-0.05, 0) is 12.2 Å². The van der Waals surface area contributed by atoms with Crippen molar-refractivity contribution in [2.24, 2.45) is 0 Å². The predicted molar refractivity (Wildman–Crippen MR) is 58.7 cm³/mol. The second-order valence-corrected chi connectivity index (χ2v) is 2.82. The van der Waals surface area contributed by atoms with Gasteiger partial charge in [0.2, 0.25) is 0 Å². The lowest BCUT2D eigenvalue weighted by Gasteiger charge is -1.86. The number of aromatic nitrogens is 4. The summed E-state index contributed by atoms with van der Waals surface area (Å²) in [5.74, 6) is 0.832. The molecule has 4 nitrogen and oxygen atoms in total. The van der Waals surface area contributed by atoms with Gasteiger partial charge >= 0.3 is 0 Å². The number of imidazole rings is 1. The average molecular weight is 198 g/mol. The van der Waals surface area contributed by atoms with Gasteiger partial charge in [0, 0.05) is 24.8 Å². The molecule has 0 unspecified atom stereocenters. The Bertz CT molecular complexity index is 443. The maximum atomic E-state index is 4.11. The Morgan fingerprint density at radius 1 is 1.00 bits per heavy atom. The number of aromatic amines is 1. The predicted octanol–water partition coefficient (Wildman–Crippen LogP) is 1.93. The van der Waals surface area contributed by atoms with E-state index in [4.69, 9.17) is 0 Å². The molecule has 0 aliphatic rings. The van der Waals surface area contributed by atoms with Crippen molar-refractivity contribution < 1.29 is 0 Å². The van der Waals surface area contributed by atoms with Gasteiger partial charge in [0.05, 0.1) is 11.9 Å². The summed E-state index contributed by atoms with van der Waals surface area (Å²) < 4.78 is 0. The maximum Gasteiger partial charge on any atom is 0.129 e. The molecule has 0 amide bonds. The molecule has 4 heteroatoms. The van der Waals surface area contributed by atoms with Crippen molar-refractivity contribution in [3.8, 4) is 0 Å². The normalized spacial score (nSPS) is 11.5. The summed E-state index contributed by atoms with van der Waals surface area (Å²) in [5, 5.41) is 0. The summed E-state index contributed by atoms with van der Waals surface area (Å²) in [4.78, 5) is 15.1. The van der Waals surface area contributed by atoms with Crippen LogP contribution in [0, 0.1) is 0 Å². The number of H-pyrrole nitrogens is 1. The molecule has 0 fully saturated rings. The van der Waals surface area contributed by atoms with E-state index < -0.39 is 0 Å². The Hall–Kier alpha value is -2.23. The summed E-state index contributed by atoms with van der Waals surface area (Å²) in [6, 6.07) is 0. The van der Waals surface area contributed by atoms with Crippen molar-refractivity contribution in [2.75, 3.05) is 0 Å². The Labute approximate surface area is 87.4 Å². The molecule has 0 saturated heterocycles. The molecule has 0 aliphatic heterocycles. The standard InChI is InChI=1S/C11H10N4/c1(2-4-11-14-7-8-15-11)3-10-9-12-5-6-13-10/h1-9H,(H,14,15). The number of rotatable bonds is 3. The zero-order valence-electron chi connectivity index (χ0n) is 8.04. The topological polar surface area (TPSA) is 54.5 Å². The van der Waals surface area contributed by atoms with Crippen LogP contribution in [0.4, 0.5) is 0 Å². The summed E-state index contributed by atoms with van der Waals surface area (Å²) in [5.41, 5.74) is 0.835. The van der Waals surface area contributed by atoms with Crippen molar-refractivity contribution in [3.05, 3.63) is 54.7 Å². The maximum absolute atomic E-state index is 4.11. The van der Waals surface area contributed by atoms with Crippen molar-refractivity contribution in [2.45, 2.75) is 0 Å². The second-order valence-electron chi connectivity index (χ2n) is 2.82. The minimum atomic E-state index is 0.832. The van der Waals surface area contributed by atoms with E-state index in [1.165, 1.54) is 0 Å². The Kier molecular flexibility index (Phi) is 3.02. The molecule has 74 valence electrons. The van der Waals surface area contributed by atoms with Crippen LogP contribution in [0.3, 0.4) is 0 Å². The van der Waals surface area contributed by atoms with Gasteiger partial charge < -0.3 is 4.98 Å². The fourth-order valence-corrected chi connectivity index (χ4v) is 1.07. The van der Waals surface area contributed by atoms with E-state index in [0.717, 1.165) is 11.5 Å². The Morgan fingerprint density at radius 3 is 2.67 bits per heavy atom. The third-order valence-corrected chi connectivity index (χ3v) is 1.73. The third-order valence-electron chi connectivity index (χ3n) is 1.73. The fraction of sp³-hybridized carbons (Fsp3) is 0. The van der Waals surface area contributed by atoms with Crippen LogP contribution in [0.2, 0.25) is 0 Å². The molecule has 2 rings (SSSR count). The molecule has 0 radical (unpaired) electrons. The van der Waals surface area contributed by atoms with Gasteiger partial charge in [-0.15, -0.1) is 0 Å². The Morgan fingerprint density at radius 2 is 1.93 bits per heavy atom. The highest BCUT2D eigenvalue weighted by molar-refractivity contribution is 5.51. The van der Waals surface area contributed by atoms with E-state index in [2.05, 4.69) is 19.9 Å². The van der Waals surface area contributed by atoms with Crippen LogP contribution < -0.4 is 0 Å². The van der Waals surface area contributed by atoms with Gasteiger partial charge in [-0.2, -0.15) is 0 Å². The van der Waals surface area contributed by atoms with Crippen LogP contribution in [0.15, 0.2) is 43.1 Å². The minimum Gasteiger partial charge on any atom is -0.345 e. The largest absolute Gasteiger partial charge is 0.345 e. The van der Waals surface area contributed by atoms with E-state index in [9.17, 15) is 0 Å². The van der Waals surface area contributed by atoms with Crippen LogP contribution in [-0.4, -0.2) is 19.9 Å². The van der Waals surface area contributed by atoms with Crippen molar-refractivity contribution in [3.63, 3.8) is 0 Å². The third kappa shape index (κ3) is 2.87. The lowest BCUT2D eigenvalue weighted by molar-refractivity contribution is 1.18. The first-order valence-corrected chi connectivity index (χ1v) is 4.55. The van der Waals surface area contributed by atoms with Gasteiger partial charge in [0.25, 0.3) is 0 Å². The first-order chi connectivity index (χ1) is 7.45. The molecule has 0 aromatic carbocycles. The molecule has 1 N–H and O–H groups in total. The highest BCUT2D eigenvalue weighted by Gasteiger charge is 1.84. The first kappa shape index (κ1) is 9.33. The van der Waals surface area contributed by atoms with Crippen LogP contribution in [-0.2, 0) is 0 Å². The summed E-state index contributed by atoms with van der Waals surface area (Å²) in [6.07, 6.45) is 16.1. The molecular weight excluding hydrogens is 188 g/mol. The molecule has 2 aromatic rings. The lowest BCUT2D eigenvalue weighted by Crippen LogP contribution is -1.79. The van der Waals surface area contributed by atoms with E-state index in [1.807, 2.05) is 24.3 Å². The summed E-state index contributed by atoms with van der Waals surface area (Å²) >= 11 is 0. The minimum absolute atomic E-state index is 0.832. The highest BCUT2D eigenvalue weighted by atomic mass is 14.9. The van der Waals surface area contributed by atoms with Crippen LogP contribution in [0.5, 0.6) is 0 Å². The molecule has 15 heavy (non-hydrogen) atoms. The number of nitrogens with zero attached hydrogens (tertiary/aromatic N) is 3. The fourth-order valence-electron chi connectivity index (χ4n) is 1.07. The van der Waals surface area contributed by atoms with Gasteiger partial charge in [-0.3, -0.25) is 9.97 Å². The lowest BCUT2D eigenvalue weighted by atomic mass is 10.3. The molecular formula is C11H10N4. The first-order valence-electron chi connectivity index (χ1n) is 4.55. The van der Waals surface area contributed by atoms with Gasteiger partial charge in [-0.25, -0.2) is 4.98 Å². The van der Waals surface area contributed by atoms with Crippen LogP contribution in [0.1, 0.15) is 11.5 Å². The summed E-state index contributed by atoms with van der Waals surface area (Å²) in [6.45, 7) is 0. The van der Waals surface area contributed by atoms with Gasteiger partial charge in [0.1, 0.15) is 5.82 Å². The monoisotopic (exact) mass is 198 g/mol. The van der Waals surface area contributed by atoms with E-state index in [1.54, 1.807) is 31.0 Å². The molecule has 0 saturated carbocycles. The zero-order valence-corrected chi connectivity index (χ0v) is 8.04. The quantitative estimate of drug-likeness (QED) is 0.766. The van der Waals surface area contributed by atoms with Crippen LogP contribution in [0.25, 0.3) is 12.2 Å². The zero-order chi connectivity index (χ0) is 10.3. The molecule has 0 atom stereocenters. The highest BCUT2D eigenvalue weighted by Crippen LogP contribution is 1.96. The Balaban J connectivity index is 1.96. The van der Waals surface area contributed by atoms with E-state index in [0.29, 0.717) is 0 Å². The van der Waals surface area contributed by atoms with Gasteiger partial charge in [0.15, 0.2) is 0 Å². The molecule has 2 aromatic heterocycles. The SMILES string of the molecule is C(C=Cc1ncc[nH]1)=Cc1cnccn1. The number of nitrogens with one attached hydrogen (secondary N) is 1. The molecule has 0 aliphatic carbocycles. The molecule has 0 bridgehead atoms. The molecule has 2 heterocycles. The van der Waals surface area contributed by atoms with E-state index >= 15 is 0 Å². The van der Waals surface area contributed by atoms with Crippen molar-refractivity contribution in [1.82, 2.24) is 19.9 Å². The van der Waals surface area contributed by atoms with Crippen molar-refractivity contribution in [1.29, 1.82) is 0 Å². The average Bonchev–Trinajstić information content (AvgIpc) is 2.79. The number of allylic oxidation sites excluding steroid dienone is 2. The van der Waals surface area contributed by atoms with Gasteiger partial charge in [-0.1, -0.05) is 12.2 Å².